The molecule has 0 aliphatic rings. The first-order valence-corrected chi connectivity index (χ1v) is 9.17. The molecular formula is C20H25N3O4. The highest BCUT2D eigenvalue weighted by atomic mass is 16.5. The van der Waals surface area contributed by atoms with Gasteiger partial charge in [0.2, 0.25) is 11.7 Å². The lowest BCUT2D eigenvalue weighted by Gasteiger charge is -2.13. The fourth-order valence-corrected chi connectivity index (χ4v) is 3.02. The molecular weight excluding hydrogens is 346 g/mol. The third kappa shape index (κ3) is 4.95. The van der Waals surface area contributed by atoms with Crippen molar-refractivity contribution in [1.29, 1.82) is 0 Å². The number of aliphatic hydroxyl groups excluding tert-OH is 1. The molecule has 0 aliphatic carbocycles. The van der Waals surface area contributed by atoms with Crippen LogP contribution >= 0.6 is 0 Å². The van der Waals surface area contributed by atoms with Crippen LogP contribution in [0.2, 0.25) is 0 Å². The van der Waals surface area contributed by atoms with Gasteiger partial charge in [-0.3, -0.25) is 0 Å². The molecule has 0 aliphatic heterocycles. The molecule has 1 N–H and O–H groups in total. The van der Waals surface area contributed by atoms with Crippen LogP contribution in [0.4, 0.5) is 0 Å². The third-order valence-electron chi connectivity index (χ3n) is 4.33. The van der Waals surface area contributed by atoms with Gasteiger partial charge in [0, 0.05) is 25.0 Å². The maximum Gasteiger partial charge on any atom is 0.223 e. The van der Waals surface area contributed by atoms with Gasteiger partial charge < -0.3 is 18.9 Å². The van der Waals surface area contributed by atoms with E-state index in [-0.39, 0.29) is 6.61 Å². The van der Waals surface area contributed by atoms with Crippen LogP contribution in [-0.2, 0) is 13.0 Å². The second-order valence-electron chi connectivity index (χ2n) is 6.68. The van der Waals surface area contributed by atoms with Crippen LogP contribution in [0.15, 0.2) is 27.2 Å². The van der Waals surface area contributed by atoms with Gasteiger partial charge in [-0.05, 0) is 56.4 Å². The van der Waals surface area contributed by atoms with Crippen molar-refractivity contribution in [1.82, 2.24) is 15.3 Å². The molecule has 2 aromatic heterocycles. The average Bonchev–Trinajstić information content (AvgIpc) is 3.28. The Bertz CT molecular complexity index is 862. The Morgan fingerprint density at radius 1 is 0.963 bits per heavy atom. The van der Waals surface area contributed by atoms with E-state index in [0.29, 0.717) is 24.0 Å². The summed E-state index contributed by atoms with van der Waals surface area (Å²) in [6.07, 6.45) is 3.82. The minimum atomic E-state index is -0.0822. The highest BCUT2D eigenvalue weighted by molar-refractivity contribution is 5.60. The normalized spacial score (nSPS) is 11.1. The number of ether oxygens (including phenoxy) is 1. The number of aryl methyl sites for hydroxylation is 4. The first kappa shape index (κ1) is 19.1. The van der Waals surface area contributed by atoms with E-state index in [0.717, 1.165) is 53.9 Å². The predicted octanol–water partition coefficient (Wildman–Crippen LogP) is 3.93. The van der Waals surface area contributed by atoms with E-state index >= 15 is 0 Å². The summed E-state index contributed by atoms with van der Waals surface area (Å²) in [5.41, 5.74) is 3.64. The number of nitrogens with zero attached hydrogens (tertiary/aromatic N) is 3. The fraction of sp³-hybridized carbons (Fsp3) is 0.450. The first-order valence-electron chi connectivity index (χ1n) is 9.17. The van der Waals surface area contributed by atoms with Gasteiger partial charge >= 0.3 is 0 Å². The molecule has 2 heterocycles. The first-order chi connectivity index (χ1) is 13.1. The molecule has 0 radical (unpaired) electrons. The SMILES string of the molecule is Cc1nc(-c2cc(C)c(OCCCCCc3cc(CO)no3)c(C)c2)no1. The number of benzene rings is 1. The number of hydrogen-bond acceptors (Lipinski definition) is 7. The molecule has 0 saturated heterocycles. The molecule has 0 spiro atoms. The molecule has 0 amide bonds. The Morgan fingerprint density at radius 3 is 2.37 bits per heavy atom. The molecule has 0 fully saturated rings. The minimum Gasteiger partial charge on any atom is -0.493 e. The van der Waals surface area contributed by atoms with Crippen LogP contribution in [-0.4, -0.2) is 27.0 Å². The number of aromatic nitrogens is 3. The predicted molar refractivity (Wildman–Crippen MR) is 99.4 cm³/mol. The van der Waals surface area contributed by atoms with Crippen LogP contribution in [0.3, 0.4) is 0 Å². The van der Waals surface area contributed by atoms with Gasteiger partial charge in [0.25, 0.3) is 0 Å². The maximum absolute atomic E-state index is 8.98. The fourth-order valence-electron chi connectivity index (χ4n) is 3.02. The van der Waals surface area contributed by atoms with Crippen molar-refractivity contribution in [2.75, 3.05) is 6.61 Å². The Kier molecular flexibility index (Phi) is 6.24. The molecule has 3 aromatic rings. The zero-order chi connectivity index (χ0) is 19.2. The van der Waals surface area contributed by atoms with Gasteiger partial charge in [-0.25, -0.2) is 0 Å². The lowest BCUT2D eigenvalue weighted by molar-refractivity contribution is 0.264. The molecule has 0 saturated carbocycles. The monoisotopic (exact) mass is 371 g/mol. The van der Waals surface area contributed by atoms with Crippen LogP contribution in [0.1, 0.15) is 47.7 Å². The summed E-state index contributed by atoms with van der Waals surface area (Å²) in [7, 11) is 0. The second kappa shape index (κ2) is 8.81. The van der Waals surface area contributed by atoms with E-state index in [2.05, 4.69) is 15.3 Å². The lowest BCUT2D eigenvalue weighted by Crippen LogP contribution is -2.01. The molecule has 0 unspecified atom stereocenters. The summed E-state index contributed by atoms with van der Waals surface area (Å²) < 4.78 is 16.2. The molecule has 0 atom stereocenters. The second-order valence-corrected chi connectivity index (χ2v) is 6.68. The molecule has 27 heavy (non-hydrogen) atoms. The van der Waals surface area contributed by atoms with Crippen LogP contribution in [0, 0.1) is 20.8 Å². The smallest absolute Gasteiger partial charge is 0.223 e. The molecule has 7 heteroatoms. The Balaban J connectivity index is 1.46. The molecule has 0 bridgehead atoms. The van der Waals surface area contributed by atoms with Crippen molar-refractivity contribution >= 4 is 0 Å². The summed E-state index contributed by atoms with van der Waals surface area (Å²) in [4.78, 5) is 4.28. The van der Waals surface area contributed by atoms with Gasteiger partial charge in [0.15, 0.2) is 0 Å². The zero-order valence-corrected chi connectivity index (χ0v) is 16.0. The van der Waals surface area contributed by atoms with E-state index in [9.17, 15) is 0 Å². The van der Waals surface area contributed by atoms with Crippen molar-refractivity contribution in [3.8, 4) is 17.1 Å². The maximum atomic E-state index is 8.98. The van der Waals surface area contributed by atoms with Gasteiger partial charge in [-0.2, -0.15) is 4.98 Å². The largest absolute Gasteiger partial charge is 0.493 e. The van der Waals surface area contributed by atoms with Crippen LogP contribution < -0.4 is 4.74 Å². The molecule has 144 valence electrons. The van der Waals surface area contributed by atoms with E-state index < -0.39 is 0 Å². The topological polar surface area (TPSA) is 94.4 Å². The molecule has 1 aromatic carbocycles. The summed E-state index contributed by atoms with van der Waals surface area (Å²) in [6, 6.07) is 5.85. The Hall–Kier alpha value is -2.67. The molecule has 7 nitrogen and oxygen atoms in total. The number of hydrogen-bond donors (Lipinski definition) is 1. The van der Waals surface area contributed by atoms with Gasteiger partial charge in [-0.15, -0.1) is 0 Å². The summed E-state index contributed by atoms with van der Waals surface area (Å²) in [6.45, 7) is 6.42. The summed E-state index contributed by atoms with van der Waals surface area (Å²) in [5.74, 6) is 2.89. The number of rotatable bonds is 9. The summed E-state index contributed by atoms with van der Waals surface area (Å²) in [5, 5.41) is 16.7. The van der Waals surface area contributed by atoms with Crippen molar-refractivity contribution in [2.45, 2.75) is 53.1 Å². The van der Waals surface area contributed by atoms with Crippen molar-refractivity contribution in [3.63, 3.8) is 0 Å². The Morgan fingerprint density at radius 2 is 1.74 bits per heavy atom. The van der Waals surface area contributed by atoms with Gasteiger partial charge in [0.1, 0.15) is 17.2 Å². The van der Waals surface area contributed by atoms with E-state index in [1.54, 1.807) is 13.0 Å². The van der Waals surface area contributed by atoms with E-state index in [1.165, 1.54) is 0 Å². The number of aliphatic hydroxyl groups is 1. The van der Waals surface area contributed by atoms with Crippen molar-refractivity contribution < 1.29 is 18.9 Å². The van der Waals surface area contributed by atoms with Crippen molar-refractivity contribution in [2.24, 2.45) is 0 Å². The minimum absolute atomic E-state index is 0.0822. The van der Waals surface area contributed by atoms with Gasteiger partial charge in [-0.1, -0.05) is 10.3 Å². The highest BCUT2D eigenvalue weighted by Crippen LogP contribution is 2.29. The third-order valence-corrected chi connectivity index (χ3v) is 4.33. The number of unbranched alkanes of at least 4 members (excludes halogenated alkanes) is 2. The van der Waals surface area contributed by atoms with E-state index in [4.69, 9.17) is 18.9 Å². The van der Waals surface area contributed by atoms with E-state index in [1.807, 2.05) is 26.0 Å². The highest BCUT2D eigenvalue weighted by Gasteiger charge is 2.11. The average molecular weight is 371 g/mol. The Labute approximate surface area is 158 Å². The summed E-state index contributed by atoms with van der Waals surface area (Å²) >= 11 is 0. The lowest BCUT2D eigenvalue weighted by atomic mass is 10.1. The van der Waals surface area contributed by atoms with Crippen molar-refractivity contribution in [3.05, 3.63) is 46.7 Å². The van der Waals surface area contributed by atoms with Crippen LogP contribution in [0.5, 0.6) is 5.75 Å². The quantitative estimate of drug-likeness (QED) is 0.569. The zero-order valence-electron chi connectivity index (χ0n) is 16.0. The molecule has 3 rings (SSSR count). The standard InChI is InChI=1S/C20H25N3O4/c1-13-9-16(20-21-15(3)26-23-20)10-14(2)19(13)25-8-6-4-5-7-18-11-17(12-24)22-27-18/h9-11,24H,4-8,12H2,1-3H3. The van der Waals surface area contributed by atoms with Crippen LogP contribution in [0.25, 0.3) is 11.4 Å². The van der Waals surface area contributed by atoms with Gasteiger partial charge in [0.05, 0.1) is 13.2 Å².